The van der Waals surface area contributed by atoms with Gasteiger partial charge < -0.3 is 15.0 Å². The summed E-state index contributed by atoms with van der Waals surface area (Å²) in [7, 11) is 0. The summed E-state index contributed by atoms with van der Waals surface area (Å²) in [5.74, 6) is 1.08. The zero-order chi connectivity index (χ0) is 16.4. The molecule has 3 aliphatic rings. The zero-order valence-electron chi connectivity index (χ0n) is 14.5. The van der Waals surface area contributed by atoms with E-state index in [0.29, 0.717) is 18.2 Å². The van der Waals surface area contributed by atoms with Crippen LogP contribution in [0.4, 0.5) is 0 Å². The Bertz CT molecular complexity index is 572. The van der Waals surface area contributed by atoms with Crippen molar-refractivity contribution in [1.29, 1.82) is 0 Å². The van der Waals surface area contributed by atoms with Crippen LogP contribution >= 0.6 is 0 Å². The Hall–Kier alpha value is -1.59. The van der Waals surface area contributed by atoms with Crippen LogP contribution in [-0.2, 0) is 11.3 Å². The van der Waals surface area contributed by atoms with Crippen molar-refractivity contribution in [2.75, 3.05) is 32.8 Å². The third-order valence-corrected chi connectivity index (χ3v) is 5.16. The molecule has 1 aromatic carbocycles. The van der Waals surface area contributed by atoms with E-state index >= 15 is 0 Å². The number of aliphatic imine (C=N–C) groups is 1. The van der Waals surface area contributed by atoms with Gasteiger partial charge >= 0.3 is 0 Å². The molecule has 1 N–H and O–H groups in total. The number of ether oxygens (including phenoxy) is 1. The second-order valence-corrected chi connectivity index (χ2v) is 7.05. The van der Waals surface area contributed by atoms with Gasteiger partial charge in [0.15, 0.2) is 5.96 Å². The Morgan fingerprint density at radius 1 is 1.25 bits per heavy atom. The highest BCUT2D eigenvalue weighted by molar-refractivity contribution is 5.81. The van der Waals surface area contributed by atoms with E-state index in [1.165, 1.54) is 18.4 Å². The van der Waals surface area contributed by atoms with Crippen molar-refractivity contribution in [3.63, 3.8) is 0 Å². The number of hydrogen-bond acceptors (Lipinski definition) is 3. The molecule has 5 nitrogen and oxygen atoms in total. The fourth-order valence-corrected chi connectivity index (χ4v) is 3.74. The van der Waals surface area contributed by atoms with Gasteiger partial charge in [-0.1, -0.05) is 30.3 Å². The summed E-state index contributed by atoms with van der Waals surface area (Å²) in [6, 6.07) is 11.9. The molecule has 2 aliphatic heterocycles. The van der Waals surface area contributed by atoms with E-state index in [0.717, 1.165) is 45.3 Å². The van der Waals surface area contributed by atoms with E-state index in [1.807, 2.05) is 0 Å². The summed E-state index contributed by atoms with van der Waals surface area (Å²) >= 11 is 0. The maximum atomic E-state index is 6.08. The number of likely N-dealkylation sites (tertiary alicyclic amines) is 1. The second kappa shape index (κ2) is 7.11. The van der Waals surface area contributed by atoms with Crippen molar-refractivity contribution >= 4 is 5.96 Å². The Balaban J connectivity index is 1.44. The van der Waals surface area contributed by atoms with Crippen molar-refractivity contribution in [3.8, 4) is 0 Å². The topological polar surface area (TPSA) is 40.1 Å². The number of fused-ring (bicyclic) bond motifs is 1. The van der Waals surface area contributed by atoms with Crippen LogP contribution in [0.2, 0.25) is 0 Å². The van der Waals surface area contributed by atoms with E-state index in [1.54, 1.807) is 0 Å². The van der Waals surface area contributed by atoms with Crippen LogP contribution < -0.4 is 5.32 Å². The van der Waals surface area contributed by atoms with Gasteiger partial charge in [0.05, 0.1) is 18.8 Å². The number of rotatable bonds is 4. The van der Waals surface area contributed by atoms with Crippen LogP contribution in [0.5, 0.6) is 0 Å². The van der Waals surface area contributed by atoms with Gasteiger partial charge in [-0.3, -0.25) is 9.89 Å². The monoisotopic (exact) mass is 328 g/mol. The number of guanidine groups is 1. The van der Waals surface area contributed by atoms with Gasteiger partial charge in [0.1, 0.15) is 0 Å². The predicted octanol–water partition coefficient (Wildman–Crippen LogP) is 1.70. The Morgan fingerprint density at radius 2 is 2.08 bits per heavy atom. The van der Waals surface area contributed by atoms with Crippen LogP contribution in [0.3, 0.4) is 0 Å². The van der Waals surface area contributed by atoms with Crippen molar-refractivity contribution in [3.05, 3.63) is 35.9 Å². The van der Waals surface area contributed by atoms with Gasteiger partial charge in [0.2, 0.25) is 0 Å². The molecule has 0 aromatic heterocycles. The lowest BCUT2D eigenvalue weighted by Gasteiger charge is -2.36. The first kappa shape index (κ1) is 15.9. The average Bonchev–Trinajstić information content (AvgIpc) is 3.31. The molecule has 0 amide bonds. The molecule has 24 heavy (non-hydrogen) atoms. The van der Waals surface area contributed by atoms with Crippen molar-refractivity contribution < 1.29 is 4.74 Å². The van der Waals surface area contributed by atoms with Gasteiger partial charge in [-0.05, 0) is 25.3 Å². The van der Waals surface area contributed by atoms with E-state index in [4.69, 9.17) is 9.73 Å². The average molecular weight is 328 g/mol. The molecule has 1 aliphatic carbocycles. The molecule has 1 aromatic rings. The van der Waals surface area contributed by atoms with Gasteiger partial charge in [-0.15, -0.1) is 0 Å². The molecule has 0 bridgehead atoms. The van der Waals surface area contributed by atoms with E-state index < -0.39 is 0 Å². The minimum absolute atomic E-state index is 0.297. The van der Waals surface area contributed by atoms with Crippen LogP contribution in [0.25, 0.3) is 0 Å². The summed E-state index contributed by atoms with van der Waals surface area (Å²) in [4.78, 5) is 9.70. The third-order valence-electron chi connectivity index (χ3n) is 5.16. The standard InChI is InChI=1S/C19H28N4O/c1-2-20-19(21-16-8-9-16)23-13-17-18(14-23)24-11-10-22(17)12-15-6-4-3-5-7-15/h3-7,16-18H,2,8-14H2,1H3,(H,20,21). The Morgan fingerprint density at radius 3 is 2.83 bits per heavy atom. The molecule has 2 saturated heterocycles. The van der Waals surface area contributed by atoms with Crippen molar-refractivity contribution in [2.45, 2.75) is 44.5 Å². The van der Waals surface area contributed by atoms with Gasteiger partial charge in [-0.2, -0.15) is 0 Å². The highest BCUT2D eigenvalue weighted by Crippen LogP contribution is 2.26. The van der Waals surface area contributed by atoms with Gasteiger partial charge in [-0.25, -0.2) is 0 Å². The lowest BCUT2D eigenvalue weighted by atomic mass is 10.1. The minimum atomic E-state index is 0.297. The third kappa shape index (κ3) is 3.57. The molecular formula is C19H28N4O. The summed E-state index contributed by atoms with van der Waals surface area (Å²) in [5.41, 5.74) is 1.38. The number of nitrogens with one attached hydrogen (secondary N) is 1. The molecule has 0 spiro atoms. The number of benzene rings is 1. The fourth-order valence-electron chi connectivity index (χ4n) is 3.74. The molecule has 2 atom stereocenters. The second-order valence-electron chi connectivity index (χ2n) is 7.05. The molecule has 5 heteroatoms. The van der Waals surface area contributed by atoms with Gasteiger partial charge in [0.25, 0.3) is 0 Å². The normalized spacial score (nSPS) is 28.0. The first-order valence-electron chi connectivity index (χ1n) is 9.29. The first-order chi connectivity index (χ1) is 11.8. The number of hydrogen-bond donors (Lipinski definition) is 1. The molecule has 4 rings (SSSR count). The molecular weight excluding hydrogens is 300 g/mol. The van der Waals surface area contributed by atoms with Gasteiger partial charge in [0, 0.05) is 38.8 Å². The van der Waals surface area contributed by atoms with Crippen LogP contribution in [0.15, 0.2) is 35.3 Å². The first-order valence-corrected chi connectivity index (χ1v) is 9.29. The van der Waals surface area contributed by atoms with Crippen LogP contribution in [0.1, 0.15) is 25.3 Å². The quantitative estimate of drug-likeness (QED) is 0.675. The Kier molecular flexibility index (Phi) is 4.72. The zero-order valence-corrected chi connectivity index (χ0v) is 14.5. The van der Waals surface area contributed by atoms with Crippen LogP contribution in [-0.4, -0.2) is 66.7 Å². The maximum absolute atomic E-state index is 6.08. The molecule has 130 valence electrons. The smallest absolute Gasteiger partial charge is 0.194 e. The number of nitrogens with zero attached hydrogens (tertiary/aromatic N) is 3. The molecule has 1 saturated carbocycles. The number of morpholine rings is 1. The van der Waals surface area contributed by atoms with Crippen LogP contribution in [0, 0.1) is 0 Å². The van der Waals surface area contributed by atoms with E-state index in [-0.39, 0.29) is 0 Å². The highest BCUT2D eigenvalue weighted by Gasteiger charge is 2.41. The minimum Gasteiger partial charge on any atom is -0.373 e. The van der Waals surface area contributed by atoms with Crippen molar-refractivity contribution in [2.24, 2.45) is 4.99 Å². The Labute approximate surface area is 144 Å². The van der Waals surface area contributed by atoms with E-state index in [2.05, 4.69) is 52.4 Å². The SMILES string of the molecule is CCN=C(NC1CC1)N1CC2OCCN(Cc3ccccc3)C2C1. The molecule has 3 fully saturated rings. The summed E-state index contributed by atoms with van der Waals surface area (Å²) in [6.45, 7) is 7.75. The van der Waals surface area contributed by atoms with Crippen molar-refractivity contribution in [1.82, 2.24) is 15.1 Å². The molecule has 2 heterocycles. The lowest BCUT2D eigenvalue weighted by Crippen LogP contribution is -2.50. The van der Waals surface area contributed by atoms with E-state index in [9.17, 15) is 0 Å². The maximum Gasteiger partial charge on any atom is 0.194 e. The predicted molar refractivity (Wildman–Crippen MR) is 96.1 cm³/mol. The summed E-state index contributed by atoms with van der Waals surface area (Å²) in [6.07, 6.45) is 2.85. The molecule has 2 unspecified atom stereocenters. The lowest BCUT2D eigenvalue weighted by molar-refractivity contribution is -0.0502. The largest absolute Gasteiger partial charge is 0.373 e. The summed E-state index contributed by atoms with van der Waals surface area (Å²) in [5, 5.41) is 3.61. The fraction of sp³-hybridized carbons (Fsp3) is 0.632. The molecule has 0 radical (unpaired) electrons. The summed E-state index contributed by atoms with van der Waals surface area (Å²) < 4.78 is 6.08. The highest BCUT2D eigenvalue weighted by atomic mass is 16.5.